The summed E-state index contributed by atoms with van der Waals surface area (Å²) in [4.78, 5) is 25.3. The molecule has 0 bridgehead atoms. The number of nitrogens with zero attached hydrogens (tertiary/aromatic N) is 1. The van der Waals surface area contributed by atoms with Crippen molar-refractivity contribution in [1.82, 2.24) is 4.90 Å². The van der Waals surface area contributed by atoms with E-state index in [1.165, 1.54) is 12.1 Å². The number of phenols is 1. The Labute approximate surface area is 129 Å². The van der Waals surface area contributed by atoms with Gasteiger partial charge in [0.2, 0.25) is 5.91 Å². The van der Waals surface area contributed by atoms with Crippen molar-refractivity contribution in [3.05, 3.63) is 24.3 Å². The lowest BCUT2D eigenvalue weighted by atomic mass is 9.94. The van der Waals surface area contributed by atoms with E-state index in [-0.39, 0.29) is 17.6 Å². The Morgan fingerprint density at radius 3 is 2.36 bits per heavy atom. The first kappa shape index (κ1) is 16.3. The Balaban J connectivity index is 1.87. The SMILES string of the molecule is CCC(C(=O)O)N1CCC(C(=O)Nc2ccc(O)cc2)CC1. The molecule has 6 nitrogen and oxygen atoms in total. The number of nitrogens with one attached hydrogen (secondary N) is 1. The Morgan fingerprint density at radius 1 is 1.27 bits per heavy atom. The highest BCUT2D eigenvalue weighted by Gasteiger charge is 2.30. The zero-order chi connectivity index (χ0) is 16.1. The molecule has 1 unspecified atom stereocenters. The minimum atomic E-state index is -0.797. The second-order valence-electron chi connectivity index (χ2n) is 5.61. The number of hydrogen-bond donors (Lipinski definition) is 3. The Hall–Kier alpha value is -2.08. The molecule has 1 fully saturated rings. The van der Waals surface area contributed by atoms with Gasteiger partial charge in [-0.2, -0.15) is 0 Å². The summed E-state index contributed by atoms with van der Waals surface area (Å²) in [6.45, 7) is 3.11. The Kier molecular flexibility index (Phi) is 5.38. The number of rotatable bonds is 5. The molecule has 2 rings (SSSR count). The summed E-state index contributed by atoms with van der Waals surface area (Å²) in [7, 11) is 0. The van der Waals surface area contributed by atoms with Crippen LogP contribution in [-0.4, -0.2) is 46.1 Å². The molecular formula is C16H22N2O4. The molecule has 1 heterocycles. The molecule has 1 aromatic carbocycles. The van der Waals surface area contributed by atoms with Crippen LogP contribution in [0.15, 0.2) is 24.3 Å². The number of likely N-dealkylation sites (tertiary alicyclic amines) is 1. The molecule has 1 aliphatic heterocycles. The van der Waals surface area contributed by atoms with E-state index in [0.717, 1.165) is 0 Å². The number of hydrogen-bond acceptors (Lipinski definition) is 4. The number of phenolic OH excluding ortho intramolecular Hbond substituents is 1. The molecule has 0 aromatic heterocycles. The third kappa shape index (κ3) is 3.98. The zero-order valence-electron chi connectivity index (χ0n) is 12.7. The van der Waals surface area contributed by atoms with E-state index in [2.05, 4.69) is 5.32 Å². The first-order valence-corrected chi connectivity index (χ1v) is 7.58. The predicted octanol–water partition coefficient (Wildman–Crippen LogP) is 1.91. The third-order valence-electron chi connectivity index (χ3n) is 4.15. The van der Waals surface area contributed by atoms with Crippen molar-refractivity contribution < 1.29 is 19.8 Å². The van der Waals surface area contributed by atoms with Gasteiger partial charge in [-0.15, -0.1) is 0 Å². The molecule has 1 saturated heterocycles. The standard InChI is InChI=1S/C16H22N2O4/c1-2-14(16(21)22)18-9-7-11(8-10-18)15(20)17-12-3-5-13(19)6-4-12/h3-6,11,14,19H,2,7-10H2,1H3,(H,17,20)(H,21,22). The van der Waals surface area contributed by atoms with E-state index in [1.54, 1.807) is 12.1 Å². The molecule has 6 heteroatoms. The number of anilines is 1. The van der Waals surface area contributed by atoms with Crippen molar-refractivity contribution in [2.24, 2.45) is 5.92 Å². The highest BCUT2D eigenvalue weighted by atomic mass is 16.4. The number of carbonyl (C=O) groups excluding carboxylic acids is 1. The molecule has 0 aliphatic carbocycles. The van der Waals surface area contributed by atoms with Crippen LogP contribution in [0.1, 0.15) is 26.2 Å². The van der Waals surface area contributed by atoms with E-state index in [0.29, 0.717) is 38.0 Å². The topological polar surface area (TPSA) is 89.9 Å². The molecule has 120 valence electrons. The van der Waals surface area contributed by atoms with E-state index >= 15 is 0 Å². The largest absolute Gasteiger partial charge is 0.508 e. The van der Waals surface area contributed by atoms with E-state index in [4.69, 9.17) is 0 Å². The second-order valence-corrected chi connectivity index (χ2v) is 5.61. The summed E-state index contributed by atoms with van der Waals surface area (Å²) in [5, 5.41) is 21.2. The van der Waals surface area contributed by atoms with Gasteiger partial charge in [0.1, 0.15) is 11.8 Å². The fourth-order valence-electron chi connectivity index (χ4n) is 2.85. The molecule has 22 heavy (non-hydrogen) atoms. The Morgan fingerprint density at radius 2 is 1.86 bits per heavy atom. The maximum absolute atomic E-state index is 12.2. The zero-order valence-corrected chi connectivity index (χ0v) is 12.7. The highest BCUT2D eigenvalue weighted by Crippen LogP contribution is 2.22. The van der Waals surface area contributed by atoms with Crippen molar-refractivity contribution in [3.8, 4) is 5.75 Å². The maximum atomic E-state index is 12.2. The minimum absolute atomic E-state index is 0.0475. The van der Waals surface area contributed by atoms with Gasteiger partial charge < -0.3 is 15.5 Å². The fourth-order valence-corrected chi connectivity index (χ4v) is 2.85. The molecule has 1 atom stereocenters. The van der Waals surface area contributed by atoms with Crippen molar-refractivity contribution in [3.63, 3.8) is 0 Å². The lowest BCUT2D eigenvalue weighted by Gasteiger charge is -2.34. The van der Waals surface area contributed by atoms with Crippen molar-refractivity contribution in [2.75, 3.05) is 18.4 Å². The van der Waals surface area contributed by atoms with Gasteiger partial charge in [0.15, 0.2) is 0 Å². The second kappa shape index (κ2) is 7.26. The van der Waals surface area contributed by atoms with Gasteiger partial charge in [-0.05, 0) is 56.6 Å². The van der Waals surface area contributed by atoms with E-state index < -0.39 is 12.0 Å². The van der Waals surface area contributed by atoms with Gasteiger partial charge in [-0.3, -0.25) is 14.5 Å². The summed E-state index contributed by atoms with van der Waals surface area (Å²) in [6, 6.07) is 5.90. The summed E-state index contributed by atoms with van der Waals surface area (Å²) < 4.78 is 0. The first-order valence-electron chi connectivity index (χ1n) is 7.58. The van der Waals surface area contributed by atoms with Crippen LogP contribution in [0.2, 0.25) is 0 Å². The van der Waals surface area contributed by atoms with Gasteiger partial charge in [-0.25, -0.2) is 0 Å². The van der Waals surface area contributed by atoms with E-state index in [1.807, 2.05) is 11.8 Å². The van der Waals surface area contributed by atoms with Gasteiger partial charge in [0.05, 0.1) is 0 Å². The van der Waals surface area contributed by atoms with Gasteiger partial charge in [0.25, 0.3) is 0 Å². The minimum Gasteiger partial charge on any atom is -0.508 e. The number of carbonyl (C=O) groups is 2. The van der Waals surface area contributed by atoms with Crippen LogP contribution in [-0.2, 0) is 9.59 Å². The molecule has 1 amide bonds. The lowest BCUT2D eigenvalue weighted by molar-refractivity contribution is -0.144. The summed E-state index contributed by atoms with van der Waals surface area (Å²) in [6.07, 6.45) is 1.89. The number of benzene rings is 1. The van der Waals surface area contributed by atoms with Crippen LogP contribution in [0.5, 0.6) is 5.75 Å². The highest BCUT2D eigenvalue weighted by molar-refractivity contribution is 5.92. The molecule has 0 saturated carbocycles. The van der Waals surface area contributed by atoms with Crippen LogP contribution in [0.4, 0.5) is 5.69 Å². The Bertz CT molecular complexity index is 521. The quantitative estimate of drug-likeness (QED) is 0.723. The third-order valence-corrected chi connectivity index (χ3v) is 4.15. The van der Waals surface area contributed by atoms with Gasteiger partial charge in [0, 0.05) is 11.6 Å². The van der Waals surface area contributed by atoms with E-state index in [9.17, 15) is 19.8 Å². The fraction of sp³-hybridized carbons (Fsp3) is 0.500. The number of amides is 1. The van der Waals surface area contributed by atoms with Gasteiger partial charge in [-0.1, -0.05) is 6.92 Å². The van der Waals surface area contributed by atoms with Gasteiger partial charge >= 0.3 is 5.97 Å². The average molecular weight is 306 g/mol. The van der Waals surface area contributed by atoms with Crippen molar-refractivity contribution >= 4 is 17.6 Å². The molecule has 0 radical (unpaired) electrons. The number of carboxylic acid groups (broad SMARTS) is 1. The average Bonchev–Trinajstić information content (AvgIpc) is 2.50. The van der Waals surface area contributed by atoms with Crippen LogP contribution < -0.4 is 5.32 Å². The summed E-state index contributed by atoms with van der Waals surface area (Å²) in [5.74, 6) is -0.787. The van der Waals surface area contributed by atoms with Crippen LogP contribution in [0.25, 0.3) is 0 Å². The molecule has 1 aliphatic rings. The molecule has 1 aromatic rings. The molecular weight excluding hydrogens is 284 g/mol. The first-order chi connectivity index (χ1) is 10.5. The monoisotopic (exact) mass is 306 g/mol. The van der Waals surface area contributed by atoms with Crippen LogP contribution >= 0.6 is 0 Å². The van der Waals surface area contributed by atoms with Crippen molar-refractivity contribution in [2.45, 2.75) is 32.2 Å². The summed E-state index contributed by atoms with van der Waals surface area (Å²) in [5.41, 5.74) is 0.655. The normalized spacial score (nSPS) is 17.9. The number of carboxylic acids is 1. The van der Waals surface area contributed by atoms with Crippen LogP contribution in [0, 0.1) is 5.92 Å². The lowest BCUT2D eigenvalue weighted by Crippen LogP contribution is -2.46. The molecule has 0 spiro atoms. The summed E-state index contributed by atoms with van der Waals surface area (Å²) >= 11 is 0. The number of aromatic hydroxyl groups is 1. The number of piperidine rings is 1. The smallest absolute Gasteiger partial charge is 0.320 e. The van der Waals surface area contributed by atoms with Crippen LogP contribution in [0.3, 0.4) is 0 Å². The predicted molar refractivity (Wildman–Crippen MR) is 82.7 cm³/mol. The van der Waals surface area contributed by atoms with Crippen molar-refractivity contribution in [1.29, 1.82) is 0 Å². The maximum Gasteiger partial charge on any atom is 0.320 e. The number of aliphatic carboxylic acids is 1. The molecule has 3 N–H and O–H groups in total.